The smallest absolute Gasteiger partial charge is 0.356 e. The van der Waals surface area contributed by atoms with Crippen LogP contribution in [0.15, 0.2) is 41.7 Å². The van der Waals surface area contributed by atoms with Crippen molar-refractivity contribution in [3.8, 4) is 0 Å². The number of ether oxygens (including phenoxy) is 1. The first kappa shape index (κ1) is 15.1. The number of esters is 1. The topological polar surface area (TPSA) is 67.4 Å². The van der Waals surface area contributed by atoms with E-state index in [1.807, 2.05) is 37.3 Å². The van der Waals surface area contributed by atoms with Gasteiger partial charge in [0.15, 0.2) is 0 Å². The summed E-state index contributed by atoms with van der Waals surface area (Å²) < 4.78 is 5.01. The first-order chi connectivity index (χ1) is 10.1. The van der Waals surface area contributed by atoms with Crippen LogP contribution in [-0.4, -0.2) is 18.5 Å². The van der Waals surface area contributed by atoms with Crippen molar-refractivity contribution >= 4 is 11.9 Å². The molecule has 1 aromatic rings. The SMILES string of the molecule is CCOC(=O)C1=C(NCc2ccccc2)C(C)CC(=O)N1. The van der Waals surface area contributed by atoms with Gasteiger partial charge in [0, 0.05) is 24.6 Å². The minimum atomic E-state index is -0.493. The van der Waals surface area contributed by atoms with Gasteiger partial charge < -0.3 is 15.4 Å². The maximum atomic E-state index is 12.0. The van der Waals surface area contributed by atoms with E-state index in [9.17, 15) is 9.59 Å². The highest BCUT2D eigenvalue weighted by Gasteiger charge is 2.29. The molecule has 0 aromatic heterocycles. The maximum absolute atomic E-state index is 12.0. The van der Waals surface area contributed by atoms with Crippen LogP contribution in [0.2, 0.25) is 0 Å². The summed E-state index contributed by atoms with van der Waals surface area (Å²) >= 11 is 0. The van der Waals surface area contributed by atoms with Crippen molar-refractivity contribution in [2.24, 2.45) is 5.92 Å². The highest BCUT2D eigenvalue weighted by Crippen LogP contribution is 2.21. The molecule has 0 fully saturated rings. The summed E-state index contributed by atoms with van der Waals surface area (Å²) in [4.78, 5) is 23.6. The average Bonchev–Trinajstić information content (AvgIpc) is 2.47. The number of allylic oxidation sites excluding steroid dienone is 1. The lowest BCUT2D eigenvalue weighted by Gasteiger charge is -2.26. The van der Waals surface area contributed by atoms with Gasteiger partial charge in [0.25, 0.3) is 0 Å². The van der Waals surface area contributed by atoms with Gasteiger partial charge >= 0.3 is 5.97 Å². The fourth-order valence-corrected chi connectivity index (χ4v) is 2.30. The van der Waals surface area contributed by atoms with Crippen molar-refractivity contribution in [3.63, 3.8) is 0 Å². The first-order valence-corrected chi connectivity index (χ1v) is 7.10. The molecule has 0 radical (unpaired) electrons. The van der Waals surface area contributed by atoms with Crippen molar-refractivity contribution in [1.82, 2.24) is 10.6 Å². The molecule has 2 rings (SSSR count). The summed E-state index contributed by atoms with van der Waals surface area (Å²) in [6.07, 6.45) is 0.361. The zero-order valence-electron chi connectivity index (χ0n) is 12.3. The Morgan fingerprint density at radius 1 is 1.38 bits per heavy atom. The summed E-state index contributed by atoms with van der Waals surface area (Å²) in [5.74, 6) is -0.689. The lowest BCUT2D eigenvalue weighted by atomic mass is 9.97. The largest absolute Gasteiger partial charge is 0.461 e. The van der Waals surface area contributed by atoms with E-state index in [1.165, 1.54) is 0 Å². The second-order valence-corrected chi connectivity index (χ2v) is 5.00. The number of amides is 1. The van der Waals surface area contributed by atoms with E-state index in [-0.39, 0.29) is 24.1 Å². The number of hydrogen-bond acceptors (Lipinski definition) is 4. The van der Waals surface area contributed by atoms with E-state index in [4.69, 9.17) is 4.74 Å². The van der Waals surface area contributed by atoms with E-state index in [1.54, 1.807) is 6.92 Å². The molecule has 0 aliphatic carbocycles. The van der Waals surface area contributed by atoms with Crippen LogP contribution < -0.4 is 10.6 Å². The van der Waals surface area contributed by atoms with E-state index in [0.29, 0.717) is 13.0 Å². The van der Waals surface area contributed by atoms with Gasteiger partial charge in [0.2, 0.25) is 5.91 Å². The Balaban J connectivity index is 2.18. The van der Waals surface area contributed by atoms with E-state index < -0.39 is 5.97 Å². The molecule has 1 aliphatic heterocycles. The van der Waals surface area contributed by atoms with Crippen LogP contribution in [0.1, 0.15) is 25.8 Å². The van der Waals surface area contributed by atoms with Crippen LogP contribution in [0.3, 0.4) is 0 Å². The molecule has 5 heteroatoms. The highest BCUT2D eigenvalue weighted by molar-refractivity contribution is 5.96. The minimum Gasteiger partial charge on any atom is -0.461 e. The normalized spacial score (nSPS) is 18.2. The molecular formula is C16H20N2O3. The van der Waals surface area contributed by atoms with Gasteiger partial charge in [-0.15, -0.1) is 0 Å². The van der Waals surface area contributed by atoms with Gasteiger partial charge in [-0.05, 0) is 12.5 Å². The van der Waals surface area contributed by atoms with E-state index in [0.717, 1.165) is 11.3 Å². The molecule has 1 atom stereocenters. The van der Waals surface area contributed by atoms with Gasteiger partial charge in [-0.3, -0.25) is 4.79 Å². The third-order valence-electron chi connectivity index (χ3n) is 3.32. The monoisotopic (exact) mass is 288 g/mol. The standard InChI is InChI=1S/C16H20N2O3/c1-3-21-16(20)15-14(11(2)9-13(19)18-15)17-10-12-7-5-4-6-8-12/h4-8,11,17H,3,9-10H2,1-2H3,(H,18,19). The molecule has 0 saturated heterocycles. The summed E-state index contributed by atoms with van der Waals surface area (Å²) in [5.41, 5.74) is 2.07. The van der Waals surface area contributed by atoms with Gasteiger partial charge in [-0.2, -0.15) is 0 Å². The molecule has 2 N–H and O–H groups in total. The summed E-state index contributed by atoms with van der Waals surface area (Å²) in [6.45, 7) is 4.53. The second kappa shape index (κ2) is 6.92. The summed E-state index contributed by atoms with van der Waals surface area (Å²) in [7, 11) is 0. The van der Waals surface area contributed by atoms with Crippen molar-refractivity contribution in [3.05, 3.63) is 47.3 Å². The Labute approximate surface area is 124 Å². The van der Waals surface area contributed by atoms with E-state index in [2.05, 4.69) is 10.6 Å². The molecule has 5 nitrogen and oxygen atoms in total. The van der Waals surface area contributed by atoms with E-state index >= 15 is 0 Å². The number of nitrogens with one attached hydrogen (secondary N) is 2. The number of rotatable bonds is 5. The molecule has 1 unspecified atom stereocenters. The average molecular weight is 288 g/mol. The van der Waals surface area contributed by atoms with Crippen LogP contribution in [0, 0.1) is 5.92 Å². The van der Waals surface area contributed by atoms with Crippen LogP contribution in [0.5, 0.6) is 0 Å². The second-order valence-electron chi connectivity index (χ2n) is 5.00. The van der Waals surface area contributed by atoms with Crippen molar-refractivity contribution in [2.45, 2.75) is 26.8 Å². The van der Waals surface area contributed by atoms with Gasteiger partial charge in [0.05, 0.1) is 6.61 Å². The van der Waals surface area contributed by atoms with Gasteiger partial charge in [-0.25, -0.2) is 4.79 Å². The third-order valence-corrected chi connectivity index (χ3v) is 3.32. The maximum Gasteiger partial charge on any atom is 0.356 e. The summed E-state index contributed by atoms with van der Waals surface area (Å²) in [6, 6.07) is 9.89. The van der Waals surface area contributed by atoms with Crippen molar-refractivity contribution < 1.29 is 14.3 Å². The predicted octanol–water partition coefficient (Wildman–Crippen LogP) is 1.71. The molecule has 21 heavy (non-hydrogen) atoms. The zero-order valence-corrected chi connectivity index (χ0v) is 12.3. The molecule has 0 saturated carbocycles. The minimum absolute atomic E-state index is 0.0399. The number of hydrogen-bond donors (Lipinski definition) is 2. The first-order valence-electron chi connectivity index (χ1n) is 7.10. The van der Waals surface area contributed by atoms with Crippen LogP contribution >= 0.6 is 0 Å². The Morgan fingerprint density at radius 2 is 2.10 bits per heavy atom. The third kappa shape index (κ3) is 3.84. The molecule has 1 aromatic carbocycles. The lowest BCUT2D eigenvalue weighted by Crippen LogP contribution is -2.40. The molecule has 0 bridgehead atoms. The van der Waals surface area contributed by atoms with Crippen LogP contribution in [0.25, 0.3) is 0 Å². The number of benzene rings is 1. The molecular weight excluding hydrogens is 268 g/mol. The molecule has 0 spiro atoms. The Bertz CT molecular complexity index is 552. The van der Waals surface area contributed by atoms with Crippen molar-refractivity contribution in [2.75, 3.05) is 6.61 Å². The number of carbonyl (C=O) groups excluding carboxylic acids is 2. The molecule has 1 amide bonds. The predicted molar refractivity (Wildman–Crippen MR) is 78.9 cm³/mol. The Hall–Kier alpha value is -2.30. The molecule has 1 aliphatic rings. The van der Waals surface area contributed by atoms with Crippen LogP contribution in [-0.2, 0) is 20.9 Å². The zero-order chi connectivity index (χ0) is 15.2. The highest BCUT2D eigenvalue weighted by atomic mass is 16.5. The Morgan fingerprint density at radius 3 is 2.76 bits per heavy atom. The molecule has 112 valence electrons. The lowest BCUT2D eigenvalue weighted by molar-refractivity contribution is -0.140. The fourth-order valence-electron chi connectivity index (χ4n) is 2.30. The number of carbonyl (C=O) groups is 2. The molecule has 1 heterocycles. The fraction of sp³-hybridized carbons (Fsp3) is 0.375. The van der Waals surface area contributed by atoms with Gasteiger partial charge in [-0.1, -0.05) is 37.3 Å². The summed E-state index contributed by atoms with van der Waals surface area (Å²) in [5, 5.41) is 5.88. The quantitative estimate of drug-likeness (QED) is 0.809. The van der Waals surface area contributed by atoms with Gasteiger partial charge in [0.1, 0.15) is 5.70 Å². The van der Waals surface area contributed by atoms with Crippen LogP contribution in [0.4, 0.5) is 0 Å². The Kier molecular flexibility index (Phi) is 4.98. The van der Waals surface area contributed by atoms with Crippen molar-refractivity contribution in [1.29, 1.82) is 0 Å².